The molecule has 3 aromatic rings. The summed E-state index contributed by atoms with van der Waals surface area (Å²) in [6.45, 7) is 5.33. The lowest BCUT2D eigenvalue weighted by atomic mass is 10.1. The minimum atomic E-state index is -0.0717. The van der Waals surface area contributed by atoms with Crippen molar-refractivity contribution in [2.24, 2.45) is 0 Å². The number of rotatable bonds is 10. The third kappa shape index (κ3) is 4.83. The van der Waals surface area contributed by atoms with Crippen molar-refractivity contribution in [2.75, 3.05) is 49.8 Å². The summed E-state index contributed by atoms with van der Waals surface area (Å²) in [4.78, 5) is 29.6. The number of nitrogens with zero attached hydrogens (tertiary/aromatic N) is 6. The van der Waals surface area contributed by atoms with E-state index in [4.69, 9.17) is 4.98 Å². The van der Waals surface area contributed by atoms with E-state index in [2.05, 4.69) is 49.1 Å². The van der Waals surface area contributed by atoms with E-state index in [1.54, 1.807) is 4.90 Å². The van der Waals surface area contributed by atoms with Crippen LogP contribution in [-0.2, 0) is 4.79 Å². The molecule has 1 amide bonds. The smallest absolute Gasteiger partial charge is 0.214 e. The summed E-state index contributed by atoms with van der Waals surface area (Å²) >= 11 is 0. The molecular formula is C23H32N8O. The average Bonchev–Trinajstić information content (AvgIpc) is 3.51. The lowest BCUT2D eigenvalue weighted by molar-refractivity contribution is -0.107. The highest BCUT2D eigenvalue weighted by molar-refractivity contribution is 5.84. The molecule has 0 bridgehead atoms. The van der Waals surface area contributed by atoms with Crippen LogP contribution in [0.4, 0.5) is 17.3 Å². The maximum absolute atomic E-state index is 12.0. The first kappa shape index (κ1) is 22.0. The fraction of sp³-hybridized carbons (Fsp3) is 0.478. The largest absolute Gasteiger partial charge is 0.373 e. The van der Waals surface area contributed by atoms with E-state index in [1.165, 1.54) is 18.4 Å². The van der Waals surface area contributed by atoms with Crippen molar-refractivity contribution in [1.82, 2.24) is 24.3 Å². The van der Waals surface area contributed by atoms with Gasteiger partial charge in [-0.05, 0) is 58.3 Å². The van der Waals surface area contributed by atoms with Crippen molar-refractivity contribution >= 4 is 29.4 Å². The molecule has 3 aromatic heterocycles. The van der Waals surface area contributed by atoms with Crippen LogP contribution in [0.3, 0.4) is 0 Å². The fourth-order valence-corrected chi connectivity index (χ4v) is 3.78. The first-order chi connectivity index (χ1) is 15.4. The Labute approximate surface area is 188 Å². The summed E-state index contributed by atoms with van der Waals surface area (Å²) in [6.07, 6.45) is 7.51. The van der Waals surface area contributed by atoms with Crippen LogP contribution < -0.4 is 15.5 Å². The third-order valence-electron chi connectivity index (χ3n) is 5.75. The predicted octanol–water partition coefficient (Wildman–Crippen LogP) is 3.05. The van der Waals surface area contributed by atoms with Crippen LogP contribution in [0.25, 0.3) is 5.65 Å². The van der Waals surface area contributed by atoms with Gasteiger partial charge in [0.2, 0.25) is 6.41 Å². The van der Waals surface area contributed by atoms with E-state index in [-0.39, 0.29) is 6.04 Å². The second kappa shape index (κ2) is 9.12. The summed E-state index contributed by atoms with van der Waals surface area (Å²) < 4.78 is 2.06. The standard InChI is InChI=1S/C23H32N8O/c1-15(25-22-11-21(24-3)26-16(2)27-22)19-13-31-12-18(17-6-7-17)10-20(23(31)28-19)30(14-32)9-8-29(4)5/h10-15,17H,6-9H2,1-5H3,(H2,24,25,26,27). The third-order valence-corrected chi connectivity index (χ3v) is 5.75. The number of hydrogen-bond acceptors (Lipinski definition) is 7. The summed E-state index contributed by atoms with van der Waals surface area (Å²) in [5.41, 5.74) is 3.80. The Bertz CT molecular complexity index is 1100. The number of fused-ring (bicyclic) bond motifs is 1. The van der Waals surface area contributed by atoms with Gasteiger partial charge in [0.25, 0.3) is 0 Å². The Kier molecular flexibility index (Phi) is 6.27. The number of carbonyl (C=O) groups is 1. The number of pyridine rings is 1. The molecule has 9 nitrogen and oxygen atoms in total. The van der Waals surface area contributed by atoms with Crippen LogP contribution in [0.15, 0.2) is 24.5 Å². The molecule has 0 aromatic carbocycles. The molecule has 1 aliphatic rings. The van der Waals surface area contributed by atoms with Crippen LogP contribution in [-0.4, -0.2) is 64.9 Å². The van der Waals surface area contributed by atoms with Gasteiger partial charge in [-0.25, -0.2) is 15.0 Å². The monoisotopic (exact) mass is 436 g/mol. The zero-order valence-electron chi connectivity index (χ0n) is 19.5. The van der Waals surface area contributed by atoms with Crippen molar-refractivity contribution in [2.45, 2.75) is 38.6 Å². The normalized spacial score (nSPS) is 14.6. The van der Waals surface area contributed by atoms with Gasteiger partial charge in [-0.2, -0.15) is 0 Å². The number of likely N-dealkylation sites (N-methyl/N-ethyl adjacent to an activating group) is 1. The molecule has 1 atom stereocenters. The van der Waals surface area contributed by atoms with E-state index in [1.807, 2.05) is 40.3 Å². The van der Waals surface area contributed by atoms with E-state index >= 15 is 0 Å². The van der Waals surface area contributed by atoms with Crippen LogP contribution in [0.1, 0.15) is 48.8 Å². The maximum Gasteiger partial charge on any atom is 0.214 e. The summed E-state index contributed by atoms with van der Waals surface area (Å²) in [7, 11) is 5.86. The molecule has 1 aliphatic carbocycles. The van der Waals surface area contributed by atoms with E-state index < -0.39 is 0 Å². The first-order valence-corrected chi connectivity index (χ1v) is 11.1. The minimum absolute atomic E-state index is 0.0717. The molecule has 0 saturated heterocycles. The molecule has 2 N–H and O–H groups in total. The Balaban J connectivity index is 1.67. The first-order valence-electron chi connectivity index (χ1n) is 11.1. The number of aryl methyl sites for hydroxylation is 1. The van der Waals surface area contributed by atoms with E-state index in [9.17, 15) is 4.79 Å². The second-order valence-electron chi connectivity index (χ2n) is 8.73. The number of amides is 1. The Morgan fingerprint density at radius 2 is 1.91 bits per heavy atom. The number of carbonyl (C=O) groups excluding carboxylic acids is 1. The molecule has 0 spiro atoms. The molecule has 32 heavy (non-hydrogen) atoms. The molecule has 170 valence electrons. The SMILES string of the molecule is CNc1cc(NC(C)c2cn3cc(C4CC4)cc(N(C=O)CCN(C)C)c3n2)nc(C)n1. The molecule has 1 fully saturated rings. The van der Waals surface area contributed by atoms with Crippen LogP contribution >= 0.6 is 0 Å². The van der Waals surface area contributed by atoms with Gasteiger partial charge in [-0.1, -0.05) is 0 Å². The fourth-order valence-electron chi connectivity index (χ4n) is 3.78. The molecule has 0 aliphatic heterocycles. The number of imidazole rings is 1. The van der Waals surface area contributed by atoms with Crippen LogP contribution in [0.2, 0.25) is 0 Å². The van der Waals surface area contributed by atoms with E-state index in [0.717, 1.165) is 41.6 Å². The number of nitrogens with one attached hydrogen (secondary N) is 2. The Morgan fingerprint density at radius 3 is 2.56 bits per heavy atom. The lowest BCUT2D eigenvalue weighted by Gasteiger charge is -2.21. The topological polar surface area (TPSA) is 90.7 Å². The van der Waals surface area contributed by atoms with Crippen LogP contribution in [0, 0.1) is 6.92 Å². The highest BCUT2D eigenvalue weighted by atomic mass is 16.1. The Hall–Kier alpha value is -3.20. The highest BCUT2D eigenvalue weighted by Gasteiger charge is 2.26. The van der Waals surface area contributed by atoms with Gasteiger partial charge in [0.15, 0.2) is 5.65 Å². The molecule has 1 unspecified atom stereocenters. The van der Waals surface area contributed by atoms with Gasteiger partial charge in [-0.15, -0.1) is 0 Å². The molecule has 0 radical (unpaired) electrons. The zero-order chi connectivity index (χ0) is 22.8. The summed E-state index contributed by atoms with van der Waals surface area (Å²) in [5.74, 6) is 2.78. The summed E-state index contributed by atoms with van der Waals surface area (Å²) in [6, 6.07) is 3.95. The van der Waals surface area contributed by atoms with Gasteiger partial charge in [0.05, 0.1) is 17.4 Å². The quantitative estimate of drug-likeness (QED) is 0.472. The molecule has 3 heterocycles. The van der Waals surface area contributed by atoms with Crippen molar-refractivity contribution in [3.63, 3.8) is 0 Å². The average molecular weight is 437 g/mol. The number of hydrogen-bond donors (Lipinski definition) is 2. The second-order valence-corrected chi connectivity index (χ2v) is 8.73. The molecule has 4 rings (SSSR count). The van der Waals surface area contributed by atoms with Gasteiger partial charge in [0, 0.05) is 38.6 Å². The predicted molar refractivity (Wildman–Crippen MR) is 127 cm³/mol. The number of anilines is 3. The minimum Gasteiger partial charge on any atom is -0.373 e. The molecule has 1 saturated carbocycles. The Morgan fingerprint density at radius 1 is 1.16 bits per heavy atom. The van der Waals surface area contributed by atoms with Crippen molar-refractivity contribution in [1.29, 1.82) is 0 Å². The van der Waals surface area contributed by atoms with Crippen molar-refractivity contribution in [3.05, 3.63) is 41.6 Å². The molecular weight excluding hydrogens is 404 g/mol. The highest BCUT2D eigenvalue weighted by Crippen LogP contribution is 2.42. The van der Waals surface area contributed by atoms with Gasteiger partial charge in [-0.3, -0.25) is 4.79 Å². The summed E-state index contributed by atoms with van der Waals surface area (Å²) in [5, 5.41) is 6.49. The number of aromatic nitrogens is 4. The van der Waals surface area contributed by atoms with E-state index in [0.29, 0.717) is 18.3 Å². The molecule has 9 heteroatoms. The van der Waals surface area contributed by atoms with Crippen molar-refractivity contribution < 1.29 is 4.79 Å². The maximum atomic E-state index is 12.0. The van der Waals surface area contributed by atoms with Gasteiger partial charge < -0.3 is 24.8 Å². The zero-order valence-corrected chi connectivity index (χ0v) is 19.5. The van der Waals surface area contributed by atoms with Crippen molar-refractivity contribution in [3.8, 4) is 0 Å². The van der Waals surface area contributed by atoms with Gasteiger partial charge >= 0.3 is 0 Å². The van der Waals surface area contributed by atoms with Gasteiger partial charge in [0.1, 0.15) is 17.5 Å². The lowest BCUT2D eigenvalue weighted by Crippen LogP contribution is -2.31. The van der Waals surface area contributed by atoms with Crippen LogP contribution in [0.5, 0.6) is 0 Å².